The number of rotatable bonds is 7. The summed E-state index contributed by atoms with van der Waals surface area (Å²) in [5.41, 5.74) is 1.98. The van der Waals surface area contributed by atoms with Gasteiger partial charge in [-0.25, -0.2) is 0 Å². The molecule has 2 rings (SSSR count). The Morgan fingerprint density at radius 2 is 2.00 bits per heavy atom. The Balaban J connectivity index is 1.89. The molecular weight excluding hydrogens is 278 g/mol. The highest BCUT2D eigenvalue weighted by atomic mass is 16.5. The van der Waals surface area contributed by atoms with Crippen molar-refractivity contribution < 1.29 is 14.3 Å². The zero-order valence-corrected chi connectivity index (χ0v) is 13.7. The predicted octanol–water partition coefficient (Wildman–Crippen LogP) is 3.51. The zero-order valence-electron chi connectivity index (χ0n) is 13.7. The lowest BCUT2D eigenvalue weighted by atomic mass is 10.1. The van der Waals surface area contributed by atoms with Crippen LogP contribution in [-0.4, -0.2) is 17.8 Å². The Hall–Kier alpha value is -1.78. The highest BCUT2D eigenvalue weighted by Gasteiger charge is 2.10. The van der Waals surface area contributed by atoms with Crippen LogP contribution in [0.15, 0.2) is 34.7 Å². The van der Waals surface area contributed by atoms with Crippen LogP contribution in [0.4, 0.5) is 0 Å². The van der Waals surface area contributed by atoms with Gasteiger partial charge in [-0.15, -0.1) is 0 Å². The van der Waals surface area contributed by atoms with Crippen LogP contribution in [0.5, 0.6) is 5.75 Å². The first-order valence-corrected chi connectivity index (χ1v) is 7.67. The molecular formula is C18H25NO3. The van der Waals surface area contributed by atoms with Gasteiger partial charge in [-0.05, 0) is 51.5 Å². The van der Waals surface area contributed by atoms with E-state index in [1.807, 2.05) is 58.0 Å². The molecule has 0 fully saturated rings. The SMILES string of the molecule is Cc1cc(CNCC(O)c2cccc(OC(C)C)c2)c(C)o1. The maximum atomic E-state index is 10.3. The average Bonchev–Trinajstić information content (AvgIpc) is 2.76. The van der Waals surface area contributed by atoms with Gasteiger partial charge in [0.05, 0.1) is 12.2 Å². The lowest BCUT2D eigenvalue weighted by Crippen LogP contribution is -2.21. The molecule has 2 aromatic rings. The molecule has 0 aliphatic heterocycles. The molecule has 1 unspecified atom stereocenters. The third-order valence-corrected chi connectivity index (χ3v) is 3.41. The maximum Gasteiger partial charge on any atom is 0.120 e. The number of hydrogen-bond acceptors (Lipinski definition) is 4. The Kier molecular flexibility index (Phi) is 5.63. The lowest BCUT2D eigenvalue weighted by molar-refractivity contribution is 0.173. The summed E-state index contributed by atoms with van der Waals surface area (Å²) in [6.07, 6.45) is -0.443. The van der Waals surface area contributed by atoms with E-state index in [0.29, 0.717) is 13.1 Å². The van der Waals surface area contributed by atoms with Crippen molar-refractivity contribution in [2.45, 2.75) is 46.4 Å². The molecule has 1 heterocycles. The highest BCUT2D eigenvalue weighted by Crippen LogP contribution is 2.20. The lowest BCUT2D eigenvalue weighted by Gasteiger charge is -2.15. The smallest absolute Gasteiger partial charge is 0.120 e. The molecule has 0 spiro atoms. The largest absolute Gasteiger partial charge is 0.491 e. The molecule has 1 aromatic heterocycles. The average molecular weight is 303 g/mol. The van der Waals surface area contributed by atoms with Crippen LogP contribution in [0.1, 0.15) is 42.6 Å². The van der Waals surface area contributed by atoms with Crippen LogP contribution < -0.4 is 10.1 Å². The van der Waals surface area contributed by atoms with Gasteiger partial charge in [0.25, 0.3) is 0 Å². The van der Waals surface area contributed by atoms with Gasteiger partial charge in [0.15, 0.2) is 0 Å². The van der Waals surface area contributed by atoms with Crippen molar-refractivity contribution in [3.8, 4) is 5.75 Å². The maximum absolute atomic E-state index is 10.3. The normalized spacial score (nSPS) is 12.6. The van der Waals surface area contributed by atoms with Crippen molar-refractivity contribution in [1.29, 1.82) is 0 Å². The van der Waals surface area contributed by atoms with E-state index in [0.717, 1.165) is 28.4 Å². The van der Waals surface area contributed by atoms with Crippen molar-refractivity contribution in [2.24, 2.45) is 0 Å². The van der Waals surface area contributed by atoms with Crippen molar-refractivity contribution in [3.63, 3.8) is 0 Å². The molecule has 120 valence electrons. The number of benzene rings is 1. The molecule has 0 saturated carbocycles. The molecule has 22 heavy (non-hydrogen) atoms. The summed E-state index contributed by atoms with van der Waals surface area (Å²) in [5, 5.41) is 13.6. The molecule has 4 nitrogen and oxygen atoms in total. The summed E-state index contributed by atoms with van der Waals surface area (Å²) in [4.78, 5) is 0. The molecule has 1 aromatic carbocycles. The second kappa shape index (κ2) is 7.47. The Morgan fingerprint density at radius 3 is 2.64 bits per heavy atom. The van der Waals surface area contributed by atoms with Crippen LogP contribution in [0, 0.1) is 13.8 Å². The minimum atomic E-state index is -0.566. The third-order valence-electron chi connectivity index (χ3n) is 3.41. The molecule has 0 radical (unpaired) electrons. The van der Waals surface area contributed by atoms with Crippen LogP contribution >= 0.6 is 0 Å². The van der Waals surface area contributed by atoms with Gasteiger partial charge in [-0.2, -0.15) is 0 Å². The summed E-state index contributed by atoms with van der Waals surface area (Å²) in [7, 11) is 0. The summed E-state index contributed by atoms with van der Waals surface area (Å²) in [5.74, 6) is 2.62. The Bertz CT molecular complexity index is 604. The fraction of sp³-hybridized carbons (Fsp3) is 0.444. The Labute approximate surface area is 132 Å². The van der Waals surface area contributed by atoms with E-state index in [-0.39, 0.29) is 6.10 Å². The summed E-state index contributed by atoms with van der Waals surface area (Å²) in [6, 6.07) is 9.62. The van der Waals surface area contributed by atoms with Crippen LogP contribution in [0.2, 0.25) is 0 Å². The number of aliphatic hydroxyl groups excluding tert-OH is 1. The summed E-state index contributed by atoms with van der Waals surface area (Å²) >= 11 is 0. The van der Waals surface area contributed by atoms with Crippen LogP contribution in [0.25, 0.3) is 0 Å². The van der Waals surface area contributed by atoms with E-state index in [1.165, 1.54) is 0 Å². The molecule has 1 atom stereocenters. The molecule has 0 bridgehead atoms. The van der Waals surface area contributed by atoms with E-state index in [2.05, 4.69) is 5.32 Å². The zero-order chi connectivity index (χ0) is 16.1. The van der Waals surface area contributed by atoms with Crippen molar-refractivity contribution in [1.82, 2.24) is 5.32 Å². The second-order valence-corrected chi connectivity index (χ2v) is 5.82. The van der Waals surface area contributed by atoms with Gasteiger partial charge in [0, 0.05) is 18.7 Å². The second-order valence-electron chi connectivity index (χ2n) is 5.82. The topological polar surface area (TPSA) is 54.6 Å². The van der Waals surface area contributed by atoms with Gasteiger partial charge in [0.2, 0.25) is 0 Å². The number of hydrogen-bond donors (Lipinski definition) is 2. The minimum absolute atomic E-state index is 0.123. The number of furan rings is 1. The van der Waals surface area contributed by atoms with Crippen molar-refractivity contribution in [2.75, 3.05) is 6.54 Å². The van der Waals surface area contributed by atoms with E-state index in [1.54, 1.807) is 0 Å². The Morgan fingerprint density at radius 1 is 1.23 bits per heavy atom. The molecule has 0 aliphatic carbocycles. The first-order chi connectivity index (χ1) is 10.5. The molecule has 0 saturated heterocycles. The molecule has 0 amide bonds. The minimum Gasteiger partial charge on any atom is -0.491 e. The molecule has 4 heteroatoms. The first-order valence-electron chi connectivity index (χ1n) is 7.67. The highest BCUT2D eigenvalue weighted by molar-refractivity contribution is 5.30. The van der Waals surface area contributed by atoms with Gasteiger partial charge >= 0.3 is 0 Å². The number of aryl methyl sites for hydroxylation is 2. The van der Waals surface area contributed by atoms with Gasteiger partial charge in [-0.1, -0.05) is 12.1 Å². The van der Waals surface area contributed by atoms with E-state index < -0.39 is 6.10 Å². The van der Waals surface area contributed by atoms with Crippen molar-refractivity contribution >= 4 is 0 Å². The fourth-order valence-corrected chi connectivity index (χ4v) is 2.39. The summed E-state index contributed by atoms with van der Waals surface area (Å²) < 4.78 is 11.1. The standard InChI is InChI=1S/C18H25NO3/c1-12(2)21-17-7-5-6-15(9-17)18(20)11-19-10-16-8-13(3)22-14(16)4/h5-9,12,18-20H,10-11H2,1-4H3. The van der Waals surface area contributed by atoms with Crippen LogP contribution in [0.3, 0.4) is 0 Å². The molecule has 0 aliphatic rings. The van der Waals surface area contributed by atoms with Gasteiger partial charge in [-0.3, -0.25) is 0 Å². The predicted molar refractivity (Wildman–Crippen MR) is 87.1 cm³/mol. The fourth-order valence-electron chi connectivity index (χ4n) is 2.39. The van der Waals surface area contributed by atoms with Gasteiger partial charge in [0.1, 0.15) is 17.3 Å². The number of nitrogens with one attached hydrogen (secondary N) is 1. The monoisotopic (exact) mass is 303 g/mol. The molecule has 2 N–H and O–H groups in total. The third kappa shape index (κ3) is 4.61. The first kappa shape index (κ1) is 16.6. The van der Waals surface area contributed by atoms with E-state index in [4.69, 9.17) is 9.15 Å². The number of aliphatic hydroxyl groups is 1. The van der Waals surface area contributed by atoms with Crippen LogP contribution in [-0.2, 0) is 6.54 Å². The quantitative estimate of drug-likeness (QED) is 0.822. The summed E-state index contributed by atoms with van der Waals surface area (Å²) in [6.45, 7) is 9.02. The van der Waals surface area contributed by atoms with Crippen molar-refractivity contribution in [3.05, 3.63) is 53.0 Å². The van der Waals surface area contributed by atoms with Gasteiger partial charge < -0.3 is 19.6 Å². The number of ether oxygens (including phenoxy) is 1. The van der Waals surface area contributed by atoms with E-state index >= 15 is 0 Å². The van der Waals surface area contributed by atoms with E-state index in [9.17, 15) is 5.11 Å².